The van der Waals surface area contributed by atoms with Gasteiger partial charge in [0.15, 0.2) is 0 Å². The van der Waals surface area contributed by atoms with E-state index in [2.05, 4.69) is 21.2 Å². The first-order valence-electron chi connectivity index (χ1n) is 4.94. The van der Waals surface area contributed by atoms with Crippen LogP contribution < -0.4 is 4.72 Å². The fourth-order valence-electron chi connectivity index (χ4n) is 1.02. The maximum atomic E-state index is 4.49. The third kappa shape index (κ3) is 4.33. The number of thioether (sulfide) groups is 1. The Morgan fingerprint density at radius 1 is 1.50 bits per heavy atom. The fraction of sp³-hybridized carbons (Fsp3) is 0.364. The molecule has 0 spiro atoms. The Morgan fingerprint density at radius 2 is 2.25 bits per heavy atom. The first-order chi connectivity index (χ1) is 7.67. The molecule has 16 heavy (non-hydrogen) atoms. The standard InChI is InChI=1S/C11H16N2S3/c1-5-8(2)13-9(3)15-10-6-7-14-11(10)16-12-4/h5-7,12H,1-4H3/b8-5-,13-9?. The van der Waals surface area contributed by atoms with Crippen LogP contribution >= 0.6 is 35.0 Å². The molecule has 1 heterocycles. The third-order valence-electron chi connectivity index (χ3n) is 1.80. The van der Waals surface area contributed by atoms with E-state index in [0.717, 1.165) is 10.7 Å². The van der Waals surface area contributed by atoms with Crippen molar-refractivity contribution < 1.29 is 0 Å². The van der Waals surface area contributed by atoms with Crippen molar-refractivity contribution in [1.82, 2.24) is 4.72 Å². The van der Waals surface area contributed by atoms with E-state index < -0.39 is 0 Å². The summed E-state index contributed by atoms with van der Waals surface area (Å²) >= 11 is 5.12. The highest BCUT2D eigenvalue weighted by atomic mass is 32.2. The zero-order valence-corrected chi connectivity index (χ0v) is 12.4. The second-order valence-corrected chi connectivity index (χ2v) is 6.47. The second-order valence-electron chi connectivity index (χ2n) is 3.04. The van der Waals surface area contributed by atoms with E-state index in [-0.39, 0.29) is 0 Å². The van der Waals surface area contributed by atoms with Crippen LogP contribution in [0.5, 0.6) is 0 Å². The Hall–Kier alpha value is -0.230. The highest BCUT2D eigenvalue weighted by molar-refractivity contribution is 8.14. The molecule has 2 nitrogen and oxygen atoms in total. The molecule has 88 valence electrons. The predicted octanol–water partition coefficient (Wildman–Crippen LogP) is 4.41. The van der Waals surface area contributed by atoms with E-state index in [0.29, 0.717) is 0 Å². The van der Waals surface area contributed by atoms with Gasteiger partial charge < -0.3 is 0 Å². The van der Waals surface area contributed by atoms with Crippen molar-refractivity contribution >= 4 is 40.1 Å². The molecule has 0 bridgehead atoms. The Balaban J connectivity index is 2.72. The first kappa shape index (κ1) is 13.8. The van der Waals surface area contributed by atoms with Crippen molar-refractivity contribution in [2.45, 2.75) is 29.9 Å². The molecule has 0 saturated carbocycles. The fourth-order valence-corrected chi connectivity index (χ4v) is 3.83. The van der Waals surface area contributed by atoms with Crippen molar-refractivity contribution in [3.05, 3.63) is 23.2 Å². The molecule has 1 aromatic heterocycles. The van der Waals surface area contributed by atoms with Gasteiger partial charge in [0, 0.05) is 10.6 Å². The van der Waals surface area contributed by atoms with Crippen molar-refractivity contribution in [2.75, 3.05) is 7.05 Å². The first-order valence-corrected chi connectivity index (χ1v) is 7.45. The number of hydrogen-bond acceptors (Lipinski definition) is 5. The minimum absolute atomic E-state index is 1.06. The van der Waals surface area contributed by atoms with E-state index in [1.165, 1.54) is 9.10 Å². The molecule has 0 fully saturated rings. The monoisotopic (exact) mass is 272 g/mol. The molecule has 1 aromatic rings. The smallest absolute Gasteiger partial charge is 0.0890 e. The minimum Gasteiger partial charge on any atom is -0.262 e. The zero-order chi connectivity index (χ0) is 12.0. The lowest BCUT2D eigenvalue weighted by Crippen LogP contribution is -1.90. The van der Waals surface area contributed by atoms with Gasteiger partial charge in [0.25, 0.3) is 0 Å². The summed E-state index contributed by atoms with van der Waals surface area (Å²) in [5.74, 6) is 0. The van der Waals surface area contributed by atoms with Crippen LogP contribution in [0.2, 0.25) is 0 Å². The number of rotatable bonds is 4. The van der Waals surface area contributed by atoms with Gasteiger partial charge in [-0.15, -0.1) is 11.3 Å². The molecular formula is C11H16N2S3. The van der Waals surface area contributed by atoms with E-state index in [1.807, 2.05) is 33.9 Å². The van der Waals surface area contributed by atoms with Crippen LogP contribution in [0.1, 0.15) is 20.8 Å². The summed E-state index contributed by atoms with van der Waals surface area (Å²) in [6, 6.07) is 2.14. The Bertz CT molecular complexity index is 394. The molecule has 0 aliphatic carbocycles. The zero-order valence-electron chi connectivity index (χ0n) is 9.90. The average molecular weight is 272 g/mol. The topological polar surface area (TPSA) is 24.4 Å². The van der Waals surface area contributed by atoms with Gasteiger partial charge in [0.1, 0.15) is 0 Å². The predicted molar refractivity (Wildman–Crippen MR) is 77.6 cm³/mol. The Labute approximate surface area is 110 Å². The highest BCUT2D eigenvalue weighted by Crippen LogP contribution is 2.34. The van der Waals surface area contributed by atoms with Gasteiger partial charge in [-0.25, -0.2) is 0 Å². The maximum Gasteiger partial charge on any atom is 0.0890 e. The SMILES string of the molecule is C/C=C(/C)N=C(C)Sc1ccsc1SNC. The quantitative estimate of drug-likeness (QED) is 0.380. The number of aliphatic imine (C=N–C) groups is 1. The number of nitrogens with zero attached hydrogens (tertiary/aromatic N) is 1. The van der Waals surface area contributed by atoms with Crippen molar-refractivity contribution in [1.29, 1.82) is 0 Å². The van der Waals surface area contributed by atoms with E-state index in [1.54, 1.807) is 35.0 Å². The van der Waals surface area contributed by atoms with E-state index >= 15 is 0 Å². The van der Waals surface area contributed by atoms with Crippen LogP contribution in [0.4, 0.5) is 0 Å². The van der Waals surface area contributed by atoms with Crippen LogP contribution in [0.15, 0.2) is 37.3 Å². The van der Waals surface area contributed by atoms with Gasteiger partial charge in [0.05, 0.1) is 9.25 Å². The molecule has 0 aromatic carbocycles. The second kappa shape index (κ2) is 7.17. The molecule has 0 amide bonds. The number of hydrogen-bond donors (Lipinski definition) is 1. The minimum atomic E-state index is 1.06. The van der Waals surface area contributed by atoms with E-state index in [9.17, 15) is 0 Å². The number of allylic oxidation sites excluding steroid dienone is 2. The summed E-state index contributed by atoms with van der Waals surface area (Å²) in [6.07, 6.45) is 2.01. The lowest BCUT2D eigenvalue weighted by Gasteiger charge is -2.02. The van der Waals surface area contributed by atoms with Crippen LogP contribution in [0, 0.1) is 0 Å². The number of thiophene rings is 1. The average Bonchev–Trinajstić information content (AvgIpc) is 2.66. The summed E-state index contributed by atoms with van der Waals surface area (Å²) in [6.45, 7) is 6.06. The van der Waals surface area contributed by atoms with Crippen LogP contribution in [0.25, 0.3) is 0 Å². The highest BCUT2D eigenvalue weighted by Gasteiger charge is 2.06. The van der Waals surface area contributed by atoms with Gasteiger partial charge in [-0.2, -0.15) is 0 Å². The summed E-state index contributed by atoms with van der Waals surface area (Å²) in [4.78, 5) is 5.76. The van der Waals surface area contributed by atoms with E-state index in [4.69, 9.17) is 0 Å². The van der Waals surface area contributed by atoms with Gasteiger partial charge >= 0.3 is 0 Å². The molecule has 5 heteroatoms. The lowest BCUT2D eigenvalue weighted by atomic mass is 10.5. The normalized spacial score (nSPS) is 13.2. The van der Waals surface area contributed by atoms with Crippen LogP contribution in [-0.4, -0.2) is 12.1 Å². The molecular weight excluding hydrogens is 256 g/mol. The molecule has 0 aliphatic rings. The summed E-state index contributed by atoms with van der Waals surface area (Å²) in [5.41, 5.74) is 1.06. The molecule has 0 atom stereocenters. The Kier molecular flexibility index (Phi) is 6.20. The van der Waals surface area contributed by atoms with Gasteiger partial charge in [-0.1, -0.05) is 17.8 Å². The maximum absolute atomic E-state index is 4.49. The van der Waals surface area contributed by atoms with Crippen molar-refractivity contribution in [2.24, 2.45) is 4.99 Å². The van der Waals surface area contributed by atoms with Gasteiger partial charge in [0.2, 0.25) is 0 Å². The van der Waals surface area contributed by atoms with Crippen LogP contribution in [0.3, 0.4) is 0 Å². The summed E-state index contributed by atoms with van der Waals surface area (Å²) < 4.78 is 4.39. The summed E-state index contributed by atoms with van der Waals surface area (Å²) in [5, 5.41) is 3.18. The Morgan fingerprint density at radius 3 is 2.88 bits per heavy atom. The van der Waals surface area contributed by atoms with Crippen LogP contribution in [-0.2, 0) is 0 Å². The molecule has 0 unspecified atom stereocenters. The summed E-state index contributed by atoms with van der Waals surface area (Å²) in [7, 11) is 1.93. The van der Waals surface area contributed by atoms with Crippen molar-refractivity contribution in [3.8, 4) is 0 Å². The van der Waals surface area contributed by atoms with Gasteiger partial charge in [-0.05, 0) is 51.2 Å². The molecule has 0 aliphatic heterocycles. The lowest BCUT2D eigenvalue weighted by molar-refractivity contribution is 1.27. The molecule has 1 rings (SSSR count). The van der Waals surface area contributed by atoms with Crippen molar-refractivity contribution in [3.63, 3.8) is 0 Å². The van der Waals surface area contributed by atoms with Gasteiger partial charge in [-0.3, -0.25) is 9.71 Å². The molecule has 0 saturated heterocycles. The molecule has 1 N–H and O–H groups in total. The molecule has 0 radical (unpaired) electrons. The number of nitrogens with one attached hydrogen (secondary N) is 1. The third-order valence-corrected chi connectivity index (χ3v) is 4.86. The largest absolute Gasteiger partial charge is 0.262 e.